The van der Waals surface area contributed by atoms with Gasteiger partial charge in [-0.1, -0.05) is 0 Å². The third-order valence-electron chi connectivity index (χ3n) is 2.36. The van der Waals surface area contributed by atoms with Gasteiger partial charge in [0.2, 0.25) is 0 Å². The number of amides is 1. The number of alkyl halides is 3. The molecule has 0 aliphatic carbocycles. The number of hydrogen-bond donors (Lipinski definition) is 1. The summed E-state index contributed by atoms with van der Waals surface area (Å²) in [7, 11) is 0. The summed E-state index contributed by atoms with van der Waals surface area (Å²) in [6.07, 6.45) is -3.70. The number of hydrazone groups is 1. The molecule has 2 rings (SSSR count). The predicted octanol–water partition coefficient (Wildman–Crippen LogP) is 3.06. The molecule has 9 heteroatoms. The summed E-state index contributed by atoms with van der Waals surface area (Å²) in [5.74, 6) is -1.68. The van der Waals surface area contributed by atoms with Crippen molar-refractivity contribution >= 4 is 23.5 Å². The van der Waals surface area contributed by atoms with Crippen LogP contribution in [-0.2, 0) is 6.18 Å². The van der Waals surface area contributed by atoms with E-state index in [1.807, 2.05) is 0 Å². The van der Waals surface area contributed by atoms with Crippen LogP contribution in [-0.4, -0.2) is 17.1 Å². The molecule has 0 saturated heterocycles. The van der Waals surface area contributed by atoms with Crippen molar-refractivity contribution in [3.05, 3.63) is 51.7 Å². The fourth-order valence-corrected chi connectivity index (χ4v) is 1.88. The zero-order valence-electron chi connectivity index (χ0n) is 10.2. The molecule has 2 aromatic rings. The van der Waals surface area contributed by atoms with E-state index in [2.05, 4.69) is 15.5 Å². The molecule has 110 valence electrons. The van der Waals surface area contributed by atoms with Crippen LogP contribution >= 0.6 is 11.3 Å². The van der Waals surface area contributed by atoms with Gasteiger partial charge in [0.1, 0.15) is 11.5 Å². The fraction of sp³-hybridized carbons (Fsp3) is 0.0833. The summed E-state index contributed by atoms with van der Waals surface area (Å²) in [6, 6.07) is 2.02. The normalized spacial score (nSPS) is 11.8. The first-order valence-electron chi connectivity index (χ1n) is 5.46. The Labute approximate surface area is 120 Å². The molecule has 0 spiro atoms. The van der Waals surface area contributed by atoms with E-state index < -0.39 is 23.5 Å². The SMILES string of the molecule is O=C(NN=Cc1ccc(C(F)(F)F)cc1F)c1cscn1. The Morgan fingerprint density at radius 1 is 1.38 bits per heavy atom. The molecule has 1 N–H and O–H groups in total. The van der Waals surface area contributed by atoms with Crippen LogP contribution in [0, 0.1) is 5.82 Å². The highest BCUT2D eigenvalue weighted by Crippen LogP contribution is 2.29. The van der Waals surface area contributed by atoms with E-state index in [4.69, 9.17) is 0 Å². The Bertz CT molecular complexity index is 668. The van der Waals surface area contributed by atoms with Crippen LogP contribution in [0.2, 0.25) is 0 Å². The fourth-order valence-electron chi connectivity index (χ4n) is 1.35. The van der Waals surface area contributed by atoms with E-state index in [1.165, 1.54) is 22.2 Å². The molecular weight excluding hydrogens is 310 g/mol. The Hall–Kier alpha value is -2.29. The van der Waals surface area contributed by atoms with Gasteiger partial charge < -0.3 is 0 Å². The molecular formula is C12H7F4N3OS. The number of benzene rings is 1. The van der Waals surface area contributed by atoms with Crippen LogP contribution in [0.4, 0.5) is 17.6 Å². The summed E-state index contributed by atoms with van der Waals surface area (Å²) >= 11 is 1.21. The van der Waals surface area contributed by atoms with E-state index in [9.17, 15) is 22.4 Å². The quantitative estimate of drug-likeness (QED) is 0.537. The van der Waals surface area contributed by atoms with Gasteiger partial charge in [0.05, 0.1) is 17.3 Å². The molecule has 0 unspecified atom stereocenters. The summed E-state index contributed by atoms with van der Waals surface area (Å²) in [5, 5.41) is 4.96. The highest BCUT2D eigenvalue weighted by Gasteiger charge is 2.31. The average Bonchev–Trinajstić information content (AvgIpc) is 2.93. The molecule has 1 aromatic carbocycles. The second-order valence-electron chi connectivity index (χ2n) is 3.81. The van der Waals surface area contributed by atoms with Crippen molar-refractivity contribution < 1.29 is 22.4 Å². The van der Waals surface area contributed by atoms with Crippen molar-refractivity contribution in [1.82, 2.24) is 10.4 Å². The number of rotatable bonds is 3. The van der Waals surface area contributed by atoms with E-state index >= 15 is 0 Å². The molecule has 0 saturated carbocycles. The van der Waals surface area contributed by atoms with Crippen molar-refractivity contribution in [2.24, 2.45) is 5.10 Å². The second kappa shape index (κ2) is 6.00. The minimum absolute atomic E-state index is 0.144. The zero-order valence-corrected chi connectivity index (χ0v) is 11.0. The van der Waals surface area contributed by atoms with Crippen LogP contribution in [0.3, 0.4) is 0 Å². The first-order chi connectivity index (χ1) is 9.88. The summed E-state index contributed by atoms with van der Waals surface area (Å²) in [4.78, 5) is 15.2. The van der Waals surface area contributed by atoms with Crippen LogP contribution < -0.4 is 5.43 Å². The number of aromatic nitrogens is 1. The van der Waals surface area contributed by atoms with Crippen LogP contribution in [0.15, 0.2) is 34.2 Å². The highest BCUT2D eigenvalue weighted by atomic mass is 32.1. The topological polar surface area (TPSA) is 54.4 Å². The second-order valence-corrected chi connectivity index (χ2v) is 4.53. The molecule has 0 aliphatic heterocycles. The maximum Gasteiger partial charge on any atom is 0.416 e. The standard InChI is InChI=1S/C12H7F4N3OS/c13-9-3-8(12(14,15)16)2-1-7(9)4-18-19-11(20)10-5-21-6-17-10/h1-6H,(H,19,20). The van der Waals surface area contributed by atoms with Gasteiger partial charge in [-0.05, 0) is 18.2 Å². The van der Waals surface area contributed by atoms with Crippen molar-refractivity contribution in [1.29, 1.82) is 0 Å². The Morgan fingerprint density at radius 2 is 2.14 bits per heavy atom. The molecule has 0 fully saturated rings. The summed E-state index contributed by atoms with van der Waals surface area (Å²) in [6.45, 7) is 0. The monoisotopic (exact) mass is 317 g/mol. The van der Waals surface area contributed by atoms with Gasteiger partial charge in [0.15, 0.2) is 0 Å². The van der Waals surface area contributed by atoms with Crippen LogP contribution in [0.25, 0.3) is 0 Å². The van der Waals surface area contributed by atoms with Gasteiger partial charge >= 0.3 is 6.18 Å². The first-order valence-corrected chi connectivity index (χ1v) is 6.40. The number of hydrogen-bond acceptors (Lipinski definition) is 4. The third-order valence-corrected chi connectivity index (χ3v) is 2.95. The van der Waals surface area contributed by atoms with Gasteiger partial charge in [-0.2, -0.15) is 18.3 Å². The van der Waals surface area contributed by atoms with Gasteiger partial charge in [-0.25, -0.2) is 14.8 Å². The number of halogens is 4. The molecule has 0 radical (unpaired) electrons. The Kier molecular flexibility index (Phi) is 4.32. The number of thiazole rings is 1. The van der Waals surface area contributed by atoms with Gasteiger partial charge in [-0.3, -0.25) is 4.79 Å². The molecule has 21 heavy (non-hydrogen) atoms. The smallest absolute Gasteiger partial charge is 0.266 e. The molecule has 0 bridgehead atoms. The molecule has 1 heterocycles. The van der Waals surface area contributed by atoms with Gasteiger partial charge in [0.25, 0.3) is 5.91 Å². The largest absolute Gasteiger partial charge is 0.416 e. The molecule has 0 aliphatic rings. The van der Waals surface area contributed by atoms with Crippen LogP contribution in [0.5, 0.6) is 0 Å². The maximum atomic E-state index is 13.5. The summed E-state index contributed by atoms with van der Waals surface area (Å²) < 4.78 is 50.5. The molecule has 0 atom stereocenters. The first kappa shape index (κ1) is 15.1. The average molecular weight is 317 g/mol. The minimum Gasteiger partial charge on any atom is -0.266 e. The van der Waals surface area contributed by atoms with Crippen LogP contribution in [0.1, 0.15) is 21.6 Å². The number of nitrogens with zero attached hydrogens (tertiary/aromatic N) is 2. The lowest BCUT2D eigenvalue weighted by molar-refractivity contribution is -0.137. The van der Waals surface area contributed by atoms with Gasteiger partial charge in [-0.15, -0.1) is 11.3 Å². The van der Waals surface area contributed by atoms with Crippen molar-refractivity contribution in [3.8, 4) is 0 Å². The van der Waals surface area contributed by atoms with Gasteiger partial charge in [0, 0.05) is 10.9 Å². The molecule has 4 nitrogen and oxygen atoms in total. The minimum atomic E-state index is -4.62. The van der Waals surface area contributed by atoms with Crippen molar-refractivity contribution in [2.75, 3.05) is 0 Å². The number of carbonyl (C=O) groups excluding carboxylic acids is 1. The Balaban J connectivity index is 2.06. The lowest BCUT2D eigenvalue weighted by Gasteiger charge is -2.07. The molecule has 1 amide bonds. The molecule has 1 aromatic heterocycles. The van der Waals surface area contributed by atoms with E-state index in [1.54, 1.807) is 0 Å². The highest BCUT2D eigenvalue weighted by molar-refractivity contribution is 7.07. The lowest BCUT2D eigenvalue weighted by Crippen LogP contribution is -2.18. The number of carbonyl (C=O) groups is 1. The summed E-state index contributed by atoms with van der Waals surface area (Å²) in [5.41, 5.74) is 2.41. The zero-order chi connectivity index (χ0) is 15.5. The van der Waals surface area contributed by atoms with E-state index in [0.717, 1.165) is 18.3 Å². The van der Waals surface area contributed by atoms with Crippen molar-refractivity contribution in [3.63, 3.8) is 0 Å². The number of nitrogens with one attached hydrogen (secondary N) is 1. The Morgan fingerprint density at radius 3 is 2.71 bits per heavy atom. The van der Waals surface area contributed by atoms with E-state index in [0.29, 0.717) is 6.07 Å². The van der Waals surface area contributed by atoms with E-state index in [-0.39, 0.29) is 11.3 Å². The predicted molar refractivity (Wildman–Crippen MR) is 68.6 cm³/mol. The maximum absolute atomic E-state index is 13.5. The third kappa shape index (κ3) is 3.85. The van der Waals surface area contributed by atoms with Crippen molar-refractivity contribution in [2.45, 2.75) is 6.18 Å². The lowest BCUT2D eigenvalue weighted by atomic mass is 10.1.